The molecule has 0 aliphatic carbocycles. The summed E-state index contributed by atoms with van der Waals surface area (Å²) in [7, 11) is 0. The number of nitro groups is 1. The second-order valence-corrected chi connectivity index (χ2v) is 5.18. The molecule has 0 bridgehead atoms. The number of halogens is 4. The van der Waals surface area contributed by atoms with E-state index in [9.17, 15) is 23.3 Å². The Bertz CT molecular complexity index is 515. The molecule has 19 heavy (non-hydrogen) atoms. The van der Waals surface area contributed by atoms with Crippen LogP contribution in [-0.4, -0.2) is 23.9 Å². The molecule has 0 unspecified atom stereocenters. The molecule has 1 fully saturated rings. The van der Waals surface area contributed by atoms with Crippen molar-refractivity contribution in [2.24, 2.45) is 0 Å². The first-order valence-corrected chi connectivity index (χ1v) is 6.36. The zero-order valence-corrected chi connectivity index (χ0v) is 11.3. The maximum atomic E-state index is 14.0. The smallest absolute Gasteiger partial charge is 0.295 e. The van der Waals surface area contributed by atoms with Gasteiger partial charge in [-0.1, -0.05) is 0 Å². The van der Waals surface area contributed by atoms with Crippen LogP contribution in [0.2, 0.25) is 0 Å². The van der Waals surface area contributed by atoms with E-state index in [2.05, 4.69) is 15.9 Å². The third kappa shape index (κ3) is 2.83. The van der Waals surface area contributed by atoms with Gasteiger partial charge in [-0.15, -0.1) is 0 Å². The summed E-state index contributed by atoms with van der Waals surface area (Å²) in [4.78, 5) is 11.5. The number of rotatable bonds is 2. The van der Waals surface area contributed by atoms with E-state index in [1.54, 1.807) is 0 Å². The Labute approximate surface area is 115 Å². The van der Waals surface area contributed by atoms with Gasteiger partial charge in [-0.2, -0.15) is 0 Å². The van der Waals surface area contributed by atoms with Crippen LogP contribution >= 0.6 is 15.9 Å². The van der Waals surface area contributed by atoms with Crippen molar-refractivity contribution >= 4 is 27.3 Å². The maximum Gasteiger partial charge on any atom is 0.295 e. The lowest BCUT2D eigenvalue weighted by Gasteiger charge is -2.33. The summed E-state index contributed by atoms with van der Waals surface area (Å²) in [6, 6.07) is 2.39. The normalized spacial score (nSPS) is 18.4. The summed E-state index contributed by atoms with van der Waals surface area (Å²) in [6.07, 6.45) is -0.869. The Morgan fingerprint density at radius 2 is 1.89 bits per heavy atom. The Kier molecular flexibility index (Phi) is 3.71. The average Bonchev–Trinajstić information content (AvgIpc) is 2.33. The van der Waals surface area contributed by atoms with Gasteiger partial charge in [0.05, 0.1) is 9.40 Å². The topological polar surface area (TPSA) is 46.4 Å². The minimum absolute atomic E-state index is 0.0745. The van der Waals surface area contributed by atoms with Gasteiger partial charge in [-0.25, -0.2) is 13.2 Å². The van der Waals surface area contributed by atoms with Crippen molar-refractivity contribution in [2.45, 2.75) is 18.8 Å². The van der Waals surface area contributed by atoms with E-state index in [4.69, 9.17) is 0 Å². The SMILES string of the molecule is O=[N+]([O-])c1ccc(Br)c(F)c1N1CCC(F)(F)CC1. The van der Waals surface area contributed by atoms with E-state index in [1.165, 1.54) is 11.0 Å². The van der Waals surface area contributed by atoms with Crippen LogP contribution in [0, 0.1) is 15.9 Å². The molecule has 1 aliphatic rings. The number of benzene rings is 1. The lowest BCUT2D eigenvalue weighted by Crippen LogP contribution is -2.40. The summed E-state index contributed by atoms with van der Waals surface area (Å²) in [6.45, 7) is -0.220. The van der Waals surface area contributed by atoms with Crippen molar-refractivity contribution in [3.63, 3.8) is 0 Å². The van der Waals surface area contributed by atoms with Gasteiger partial charge in [0.15, 0.2) is 11.5 Å². The predicted molar refractivity (Wildman–Crippen MR) is 67.1 cm³/mol. The standard InChI is InChI=1S/C11H10BrF3N2O2/c12-7-1-2-8(17(18)19)10(9(7)13)16-5-3-11(14,15)4-6-16/h1-2H,3-6H2. The van der Waals surface area contributed by atoms with Gasteiger partial charge in [-0.05, 0) is 22.0 Å². The Hall–Kier alpha value is -1.31. The van der Waals surface area contributed by atoms with E-state index in [0.29, 0.717) is 0 Å². The molecular formula is C11H10BrF3N2O2. The van der Waals surface area contributed by atoms with Crippen molar-refractivity contribution in [1.82, 2.24) is 0 Å². The zero-order valence-electron chi connectivity index (χ0n) is 9.71. The molecule has 2 rings (SSSR count). The predicted octanol–water partition coefficient (Wildman–Crippen LogP) is 3.73. The van der Waals surface area contributed by atoms with Crippen molar-refractivity contribution in [2.75, 3.05) is 18.0 Å². The minimum atomic E-state index is -2.78. The van der Waals surface area contributed by atoms with Gasteiger partial charge < -0.3 is 4.90 Å². The van der Waals surface area contributed by atoms with Crippen LogP contribution in [0.3, 0.4) is 0 Å². The molecule has 0 radical (unpaired) electrons. The second-order valence-electron chi connectivity index (χ2n) is 4.33. The van der Waals surface area contributed by atoms with Gasteiger partial charge in [0.1, 0.15) is 0 Å². The third-order valence-corrected chi connectivity index (χ3v) is 3.67. The molecule has 1 aliphatic heterocycles. The molecule has 1 heterocycles. The van der Waals surface area contributed by atoms with Crippen molar-refractivity contribution in [3.05, 3.63) is 32.5 Å². The molecule has 4 nitrogen and oxygen atoms in total. The third-order valence-electron chi connectivity index (χ3n) is 3.06. The zero-order chi connectivity index (χ0) is 14.2. The lowest BCUT2D eigenvalue weighted by molar-refractivity contribution is -0.384. The molecule has 1 aromatic carbocycles. The number of nitro benzene ring substituents is 1. The monoisotopic (exact) mass is 338 g/mol. The summed E-state index contributed by atoms with van der Waals surface area (Å²) in [5.41, 5.74) is -0.638. The number of nitrogens with zero attached hydrogens (tertiary/aromatic N) is 2. The van der Waals surface area contributed by atoms with Gasteiger partial charge >= 0.3 is 0 Å². The maximum absolute atomic E-state index is 14.0. The first-order chi connectivity index (χ1) is 8.82. The highest BCUT2D eigenvalue weighted by atomic mass is 79.9. The molecule has 8 heteroatoms. The molecular weight excluding hydrogens is 329 g/mol. The number of hydrogen-bond acceptors (Lipinski definition) is 3. The molecule has 0 spiro atoms. The Balaban J connectivity index is 2.39. The average molecular weight is 339 g/mol. The van der Waals surface area contributed by atoms with Gasteiger partial charge in [0, 0.05) is 32.0 Å². The van der Waals surface area contributed by atoms with Crippen LogP contribution in [0.15, 0.2) is 16.6 Å². The quantitative estimate of drug-likeness (QED) is 0.609. The summed E-state index contributed by atoms with van der Waals surface area (Å²) in [5, 5.41) is 10.9. The molecule has 0 amide bonds. The van der Waals surface area contributed by atoms with E-state index in [1.807, 2.05) is 0 Å². The molecule has 1 saturated heterocycles. The van der Waals surface area contributed by atoms with Gasteiger partial charge in [-0.3, -0.25) is 10.1 Å². The summed E-state index contributed by atoms with van der Waals surface area (Å²) in [5.74, 6) is -3.58. The first-order valence-electron chi connectivity index (χ1n) is 5.57. The Morgan fingerprint density at radius 1 is 1.32 bits per heavy atom. The fraction of sp³-hybridized carbons (Fsp3) is 0.455. The highest BCUT2D eigenvalue weighted by Crippen LogP contribution is 2.38. The molecule has 1 aromatic rings. The highest BCUT2D eigenvalue weighted by Gasteiger charge is 2.37. The summed E-state index contributed by atoms with van der Waals surface area (Å²) < 4.78 is 40.2. The molecule has 0 aromatic heterocycles. The van der Waals surface area contributed by atoms with E-state index < -0.39 is 35.2 Å². The van der Waals surface area contributed by atoms with Crippen LogP contribution in [0.25, 0.3) is 0 Å². The van der Waals surface area contributed by atoms with Crippen molar-refractivity contribution in [3.8, 4) is 0 Å². The van der Waals surface area contributed by atoms with Crippen molar-refractivity contribution in [1.29, 1.82) is 0 Å². The fourth-order valence-electron chi connectivity index (χ4n) is 2.04. The number of piperidine rings is 1. The second kappa shape index (κ2) is 4.99. The largest absolute Gasteiger partial charge is 0.363 e. The van der Waals surface area contributed by atoms with E-state index in [0.717, 1.165) is 6.07 Å². The lowest BCUT2D eigenvalue weighted by atomic mass is 10.1. The first kappa shape index (κ1) is 14.1. The number of alkyl halides is 2. The van der Waals surface area contributed by atoms with Crippen LogP contribution in [-0.2, 0) is 0 Å². The number of anilines is 1. The number of hydrogen-bond donors (Lipinski definition) is 0. The molecule has 104 valence electrons. The van der Waals surface area contributed by atoms with Gasteiger partial charge in [0.2, 0.25) is 0 Å². The van der Waals surface area contributed by atoms with Crippen LogP contribution in [0.1, 0.15) is 12.8 Å². The highest BCUT2D eigenvalue weighted by molar-refractivity contribution is 9.10. The molecule has 0 atom stereocenters. The van der Waals surface area contributed by atoms with Crippen LogP contribution in [0.5, 0.6) is 0 Å². The van der Waals surface area contributed by atoms with Crippen LogP contribution in [0.4, 0.5) is 24.5 Å². The van der Waals surface area contributed by atoms with Crippen LogP contribution < -0.4 is 4.90 Å². The van der Waals surface area contributed by atoms with Crippen molar-refractivity contribution < 1.29 is 18.1 Å². The Morgan fingerprint density at radius 3 is 2.42 bits per heavy atom. The minimum Gasteiger partial charge on any atom is -0.363 e. The molecule has 0 N–H and O–H groups in total. The fourth-order valence-corrected chi connectivity index (χ4v) is 2.36. The van der Waals surface area contributed by atoms with E-state index >= 15 is 0 Å². The van der Waals surface area contributed by atoms with Gasteiger partial charge in [0.25, 0.3) is 11.6 Å². The van der Waals surface area contributed by atoms with E-state index in [-0.39, 0.29) is 23.2 Å². The molecule has 0 saturated carbocycles. The summed E-state index contributed by atoms with van der Waals surface area (Å²) >= 11 is 2.95.